The standard InChI is InChI=1S/C22H27N5O/c1-22(2,3)27-20(25-11-6-7-12-25)18-14-26(15-19(18)23-27)21(28)16-9-8-10-17(13-16)24(4)5/h6-13H,14-15H2,1-5H3. The van der Waals surface area contributed by atoms with E-state index in [0.717, 1.165) is 22.8 Å². The number of benzene rings is 1. The summed E-state index contributed by atoms with van der Waals surface area (Å²) in [6.07, 6.45) is 4.06. The molecule has 28 heavy (non-hydrogen) atoms. The van der Waals surface area contributed by atoms with Gasteiger partial charge in [-0.05, 0) is 51.1 Å². The summed E-state index contributed by atoms with van der Waals surface area (Å²) in [7, 11) is 3.96. The van der Waals surface area contributed by atoms with Crippen LogP contribution in [0.5, 0.6) is 0 Å². The van der Waals surface area contributed by atoms with Crippen molar-refractivity contribution in [3.63, 3.8) is 0 Å². The van der Waals surface area contributed by atoms with Crippen LogP contribution in [0.25, 0.3) is 5.82 Å². The van der Waals surface area contributed by atoms with Crippen LogP contribution < -0.4 is 4.90 Å². The molecule has 1 amide bonds. The molecule has 1 aliphatic heterocycles. The van der Waals surface area contributed by atoms with Crippen LogP contribution in [0.2, 0.25) is 0 Å². The Hall–Kier alpha value is -3.02. The third-order valence-electron chi connectivity index (χ3n) is 5.11. The van der Waals surface area contributed by atoms with Crippen molar-refractivity contribution >= 4 is 11.6 Å². The summed E-state index contributed by atoms with van der Waals surface area (Å²) in [5.41, 5.74) is 3.70. The lowest BCUT2D eigenvalue weighted by Crippen LogP contribution is -2.29. The molecule has 0 N–H and O–H groups in total. The summed E-state index contributed by atoms with van der Waals surface area (Å²) in [6, 6.07) is 11.8. The maximum atomic E-state index is 13.1. The molecule has 0 bridgehead atoms. The molecule has 4 rings (SSSR count). The fourth-order valence-electron chi connectivity index (χ4n) is 3.65. The Bertz CT molecular complexity index is 1010. The fraction of sp³-hybridized carbons (Fsp3) is 0.364. The number of fused-ring (bicyclic) bond motifs is 1. The molecule has 3 aromatic rings. The van der Waals surface area contributed by atoms with Gasteiger partial charge in [0.2, 0.25) is 0 Å². The number of amides is 1. The lowest BCUT2D eigenvalue weighted by atomic mass is 10.1. The summed E-state index contributed by atoms with van der Waals surface area (Å²) in [5.74, 6) is 1.09. The zero-order valence-corrected chi connectivity index (χ0v) is 17.2. The first-order valence-corrected chi connectivity index (χ1v) is 9.57. The number of nitrogens with zero attached hydrogens (tertiary/aromatic N) is 5. The van der Waals surface area contributed by atoms with Crippen molar-refractivity contribution in [2.24, 2.45) is 0 Å². The molecule has 146 valence electrons. The highest BCUT2D eigenvalue weighted by atomic mass is 16.2. The van der Waals surface area contributed by atoms with Crippen molar-refractivity contribution in [1.82, 2.24) is 19.2 Å². The van der Waals surface area contributed by atoms with E-state index in [-0.39, 0.29) is 11.4 Å². The molecule has 0 unspecified atom stereocenters. The summed E-state index contributed by atoms with van der Waals surface area (Å²) in [4.78, 5) is 17.0. The number of hydrogen-bond acceptors (Lipinski definition) is 3. The van der Waals surface area contributed by atoms with Crippen molar-refractivity contribution in [2.45, 2.75) is 39.4 Å². The smallest absolute Gasteiger partial charge is 0.254 e. The molecule has 0 saturated heterocycles. The fourth-order valence-corrected chi connectivity index (χ4v) is 3.65. The van der Waals surface area contributed by atoms with Crippen LogP contribution >= 0.6 is 0 Å². The predicted octanol–water partition coefficient (Wildman–Crippen LogP) is 3.65. The van der Waals surface area contributed by atoms with E-state index >= 15 is 0 Å². The molecule has 6 heteroatoms. The first-order valence-electron chi connectivity index (χ1n) is 9.57. The van der Waals surface area contributed by atoms with Gasteiger partial charge in [-0.15, -0.1) is 0 Å². The number of carbonyl (C=O) groups excluding carboxylic acids is 1. The molecule has 1 aromatic carbocycles. The summed E-state index contributed by atoms with van der Waals surface area (Å²) in [6.45, 7) is 7.56. The van der Waals surface area contributed by atoms with Gasteiger partial charge in [0, 0.05) is 43.3 Å². The van der Waals surface area contributed by atoms with Gasteiger partial charge in [0.15, 0.2) is 0 Å². The Labute approximate surface area is 166 Å². The number of rotatable bonds is 3. The van der Waals surface area contributed by atoms with E-state index in [1.807, 2.05) is 72.7 Å². The highest BCUT2D eigenvalue weighted by Crippen LogP contribution is 2.32. The number of anilines is 1. The molecule has 0 aliphatic carbocycles. The van der Waals surface area contributed by atoms with Gasteiger partial charge in [-0.3, -0.25) is 4.79 Å². The number of aromatic nitrogens is 3. The van der Waals surface area contributed by atoms with E-state index in [9.17, 15) is 4.79 Å². The largest absolute Gasteiger partial charge is 0.378 e. The molecule has 1 aliphatic rings. The Morgan fingerprint density at radius 1 is 1.07 bits per heavy atom. The highest BCUT2D eigenvalue weighted by molar-refractivity contribution is 5.95. The maximum absolute atomic E-state index is 13.1. The second-order valence-electron chi connectivity index (χ2n) is 8.53. The van der Waals surface area contributed by atoms with Gasteiger partial charge in [-0.1, -0.05) is 6.07 Å². The van der Waals surface area contributed by atoms with Crippen LogP contribution in [0, 0.1) is 0 Å². The molecule has 2 aromatic heterocycles. The van der Waals surface area contributed by atoms with Crippen LogP contribution in [0.3, 0.4) is 0 Å². The van der Waals surface area contributed by atoms with Gasteiger partial charge < -0.3 is 14.4 Å². The SMILES string of the molecule is CN(C)c1cccc(C(=O)N2Cc3nn(C(C)(C)C)c(-n4cccc4)c3C2)c1. The molecule has 0 saturated carbocycles. The van der Waals surface area contributed by atoms with Crippen LogP contribution in [0.15, 0.2) is 48.8 Å². The third-order valence-corrected chi connectivity index (χ3v) is 5.11. The van der Waals surface area contributed by atoms with Crippen molar-refractivity contribution in [1.29, 1.82) is 0 Å². The zero-order chi connectivity index (χ0) is 20.1. The first kappa shape index (κ1) is 18.3. The van der Waals surface area contributed by atoms with Gasteiger partial charge in [0.05, 0.1) is 24.3 Å². The molecule has 0 atom stereocenters. The van der Waals surface area contributed by atoms with E-state index in [1.54, 1.807) is 0 Å². The third kappa shape index (κ3) is 3.09. The minimum absolute atomic E-state index is 0.0439. The van der Waals surface area contributed by atoms with E-state index < -0.39 is 0 Å². The normalized spacial score (nSPS) is 13.7. The predicted molar refractivity (Wildman–Crippen MR) is 111 cm³/mol. The minimum atomic E-state index is -0.140. The Morgan fingerprint density at radius 3 is 2.43 bits per heavy atom. The summed E-state index contributed by atoms with van der Waals surface area (Å²) in [5, 5.41) is 4.88. The van der Waals surface area contributed by atoms with Crippen molar-refractivity contribution < 1.29 is 4.79 Å². The second kappa shape index (κ2) is 6.55. The van der Waals surface area contributed by atoms with Crippen LogP contribution in [0.1, 0.15) is 42.4 Å². The van der Waals surface area contributed by atoms with E-state index in [0.29, 0.717) is 18.7 Å². The summed E-state index contributed by atoms with van der Waals surface area (Å²) >= 11 is 0. The van der Waals surface area contributed by atoms with Crippen molar-refractivity contribution in [3.05, 3.63) is 65.6 Å². The van der Waals surface area contributed by atoms with E-state index in [1.165, 1.54) is 0 Å². The number of carbonyl (C=O) groups is 1. The number of hydrogen-bond donors (Lipinski definition) is 0. The average Bonchev–Trinajstić information content (AvgIpc) is 3.35. The monoisotopic (exact) mass is 377 g/mol. The van der Waals surface area contributed by atoms with E-state index in [2.05, 4.69) is 30.0 Å². The zero-order valence-electron chi connectivity index (χ0n) is 17.2. The average molecular weight is 377 g/mol. The lowest BCUT2D eigenvalue weighted by molar-refractivity contribution is 0.0748. The lowest BCUT2D eigenvalue weighted by Gasteiger charge is -2.25. The van der Waals surface area contributed by atoms with Crippen LogP contribution in [-0.4, -0.2) is 39.3 Å². The van der Waals surface area contributed by atoms with Crippen LogP contribution in [0.4, 0.5) is 5.69 Å². The second-order valence-corrected chi connectivity index (χ2v) is 8.53. The van der Waals surface area contributed by atoms with Gasteiger partial charge in [0.1, 0.15) is 5.82 Å². The molecule has 3 heterocycles. The Kier molecular flexibility index (Phi) is 4.29. The van der Waals surface area contributed by atoms with E-state index in [4.69, 9.17) is 5.10 Å². The minimum Gasteiger partial charge on any atom is -0.378 e. The molecule has 0 spiro atoms. The van der Waals surface area contributed by atoms with Crippen molar-refractivity contribution in [3.8, 4) is 5.82 Å². The molecular weight excluding hydrogens is 350 g/mol. The van der Waals surface area contributed by atoms with Crippen molar-refractivity contribution in [2.75, 3.05) is 19.0 Å². The van der Waals surface area contributed by atoms with Gasteiger partial charge in [0.25, 0.3) is 5.91 Å². The maximum Gasteiger partial charge on any atom is 0.254 e. The molecular formula is C22H27N5O. The Morgan fingerprint density at radius 2 is 1.79 bits per heavy atom. The van der Waals surface area contributed by atoms with Gasteiger partial charge in [-0.25, -0.2) is 4.68 Å². The Balaban J connectivity index is 1.68. The molecule has 6 nitrogen and oxygen atoms in total. The highest BCUT2D eigenvalue weighted by Gasteiger charge is 2.34. The van der Waals surface area contributed by atoms with Gasteiger partial charge >= 0.3 is 0 Å². The first-order chi connectivity index (χ1) is 13.3. The molecule has 0 radical (unpaired) electrons. The molecule has 0 fully saturated rings. The quantitative estimate of drug-likeness (QED) is 0.700. The van der Waals surface area contributed by atoms with Crippen LogP contribution in [-0.2, 0) is 18.6 Å². The summed E-state index contributed by atoms with van der Waals surface area (Å²) < 4.78 is 4.17. The van der Waals surface area contributed by atoms with Gasteiger partial charge in [-0.2, -0.15) is 5.10 Å². The topological polar surface area (TPSA) is 46.3 Å².